The smallest absolute Gasteiger partial charge is 0.243 e. The topological polar surface area (TPSA) is 47.9 Å². The molecule has 0 aromatic carbocycles. The first-order valence-corrected chi connectivity index (χ1v) is 7.30. The number of nitrogens with zero attached hydrogens (tertiary/aromatic N) is 3. The van der Waals surface area contributed by atoms with Gasteiger partial charge in [0.15, 0.2) is 5.96 Å². The van der Waals surface area contributed by atoms with Crippen LogP contribution in [0.4, 0.5) is 0 Å². The van der Waals surface area contributed by atoms with E-state index in [1.54, 1.807) is 25.1 Å². The molecule has 1 fully saturated rings. The number of carbonyl (C=O) groups excluding carboxylic acids is 1. The number of hydrogen-bond donors (Lipinski definition) is 1. The average Bonchev–Trinajstić information content (AvgIpc) is 2.41. The van der Waals surface area contributed by atoms with E-state index < -0.39 is 0 Å². The predicted octanol–water partition coefficient (Wildman–Crippen LogP) is 1.18. The highest BCUT2D eigenvalue weighted by molar-refractivity contribution is 5.85. The summed E-state index contributed by atoms with van der Waals surface area (Å²) in [4.78, 5) is 19.9. The van der Waals surface area contributed by atoms with Crippen LogP contribution in [-0.2, 0) is 4.79 Å². The van der Waals surface area contributed by atoms with Crippen molar-refractivity contribution in [2.45, 2.75) is 20.3 Å². The summed E-state index contributed by atoms with van der Waals surface area (Å²) < 4.78 is 0. The first-order valence-electron chi connectivity index (χ1n) is 7.30. The van der Waals surface area contributed by atoms with Gasteiger partial charge in [0.25, 0.3) is 0 Å². The summed E-state index contributed by atoms with van der Waals surface area (Å²) in [6.45, 7) is 11.1. The van der Waals surface area contributed by atoms with Gasteiger partial charge in [-0.3, -0.25) is 4.79 Å². The highest BCUT2D eigenvalue weighted by atomic mass is 16.2. The molecule has 1 saturated heterocycles. The van der Waals surface area contributed by atoms with Crippen molar-refractivity contribution in [3.63, 3.8) is 0 Å². The van der Waals surface area contributed by atoms with Gasteiger partial charge in [0.2, 0.25) is 5.91 Å². The summed E-state index contributed by atoms with van der Waals surface area (Å²) in [6, 6.07) is 0. The minimum absolute atomic E-state index is 0.0151. The maximum atomic E-state index is 11.7. The molecule has 0 aliphatic carbocycles. The SMILES string of the molecule is C=CCNC(=NCC(=O)N(C)C)N1CCC(C)C(C)C1. The van der Waals surface area contributed by atoms with Crippen molar-refractivity contribution in [1.82, 2.24) is 15.1 Å². The summed E-state index contributed by atoms with van der Waals surface area (Å²) in [5, 5.41) is 3.26. The van der Waals surface area contributed by atoms with E-state index in [-0.39, 0.29) is 12.5 Å². The Labute approximate surface area is 122 Å². The van der Waals surface area contributed by atoms with Gasteiger partial charge in [-0.05, 0) is 18.3 Å². The molecule has 2 unspecified atom stereocenters. The molecule has 1 aliphatic heterocycles. The molecule has 20 heavy (non-hydrogen) atoms. The molecule has 1 rings (SSSR count). The number of aliphatic imine (C=N–C) groups is 1. The van der Waals surface area contributed by atoms with Crippen molar-refractivity contribution in [3.05, 3.63) is 12.7 Å². The number of nitrogens with one attached hydrogen (secondary N) is 1. The lowest BCUT2D eigenvalue weighted by molar-refractivity contribution is -0.127. The van der Waals surface area contributed by atoms with Crippen molar-refractivity contribution in [2.75, 3.05) is 40.3 Å². The molecular weight excluding hydrogens is 252 g/mol. The molecule has 114 valence electrons. The summed E-state index contributed by atoms with van der Waals surface area (Å²) in [7, 11) is 3.50. The minimum atomic E-state index is 0.0151. The lowest BCUT2D eigenvalue weighted by Gasteiger charge is -2.37. The molecule has 5 heteroatoms. The average molecular weight is 280 g/mol. The number of piperidine rings is 1. The van der Waals surface area contributed by atoms with Crippen LogP contribution < -0.4 is 5.32 Å². The van der Waals surface area contributed by atoms with E-state index in [1.165, 1.54) is 0 Å². The molecule has 1 aliphatic rings. The Balaban J connectivity index is 2.70. The highest BCUT2D eigenvalue weighted by Gasteiger charge is 2.24. The van der Waals surface area contributed by atoms with E-state index in [1.807, 2.05) is 0 Å². The van der Waals surface area contributed by atoms with Crippen LogP contribution in [0.15, 0.2) is 17.6 Å². The number of amides is 1. The molecule has 0 radical (unpaired) electrons. The third-order valence-corrected chi connectivity index (χ3v) is 3.90. The molecule has 2 atom stereocenters. The molecule has 0 saturated carbocycles. The van der Waals surface area contributed by atoms with E-state index in [2.05, 4.69) is 35.6 Å². The van der Waals surface area contributed by atoms with Crippen LogP contribution in [0.5, 0.6) is 0 Å². The summed E-state index contributed by atoms with van der Waals surface area (Å²) in [6.07, 6.45) is 2.97. The molecule has 0 bridgehead atoms. The second-order valence-corrected chi connectivity index (χ2v) is 5.79. The third-order valence-electron chi connectivity index (χ3n) is 3.90. The van der Waals surface area contributed by atoms with Crippen LogP contribution >= 0.6 is 0 Å². The minimum Gasteiger partial charge on any atom is -0.353 e. The van der Waals surface area contributed by atoms with Gasteiger partial charge in [-0.1, -0.05) is 19.9 Å². The number of guanidine groups is 1. The Morgan fingerprint density at radius 1 is 1.45 bits per heavy atom. The Kier molecular flexibility index (Phi) is 6.55. The van der Waals surface area contributed by atoms with Crippen molar-refractivity contribution >= 4 is 11.9 Å². The van der Waals surface area contributed by atoms with Gasteiger partial charge >= 0.3 is 0 Å². The van der Waals surface area contributed by atoms with E-state index >= 15 is 0 Å². The molecule has 0 aromatic rings. The second-order valence-electron chi connectivity index (χ2n) is 5.79. The Hall–Kier alpha value is -1.52. The number of likely N-dealkylation sites (N-methyl/N-ethyl adjacent to an activating group) is 1. The van der Waals surface area contributed by atoms with Gasteiger partial charge in [0.1, 0.15) is 6.54 Å². The maximum absolute atomic E-state index is 11.7. The van der Waals surface area contributed by atoms with Crippen LogP contribution in [0.1, 0.15) is 20.3 Å². The number of likely N-dealkylation sites (tertiary alicyclic amines) is 1. The van der Waals surface area contributed by atoms with Crippen molar-refractivity contribution in [1.29, 1.82) is 0 Å². The normalized spacial score (nSPS) is 23.4. The highest BCUT2D eigenvalue weighted by Crippen LogP contribution is 2.22. The number of carbonyl (C=O) groups is 1. The zero-order valence-corrected chi connectivity index (χ0v) is 13.2. The Morgan fingerprint density at radius 3 is 2.70 bits per heavy atom. The van der Waals surface area contributed by atoms with Crippen LogP contribution in [0.25, 0.3) is 0 Å². The van der Waals surface area contributed by atoms with Crippen LogP contribution in [0, 0.1) is 11.8 Å². The van der Waals surface area contributed by atoms with Crippen LogP contribution in [0.3, 0.4) is 0 Å². The molecule has 0 spiro atoms. The van der Waals surface area contributed by atoms with Crippen molar-refractivity contribution in [3.8, 4) is 0 Å². The standard InChI is InChI=1S/C15H28N4O/c1-6-8-16-15(17-10-14(20)18(4)5)19-9-7-12(2)13(3)11-19/h6,12-13H,1,7-11H2,2-5H3,(H,16,17). The second kappa shape index (κ2) is 7.92. The summed E-state index contributed by atoms with van der Waals surface area (Å²) in [5.74, 6) is 2.22. The lowest BCUT2D eigenvalue weighted by atomic mass is 9.89. The van der Waals surface area contributed by atoms with E-state index in [4.69, 9.17) is 0 Å². The first kappa shape index (κ1) is 16.5. The predicted molar refractivity (Wildman–Crippen MR) is 83.7 cm³/mol. The van der Waals surface area contributed by atoms with Gasteiger partial charge in [-0.25, -0.2) is 4.99 Å². The molecule has 1 N–H and O–H groups in total. The monoisotopic (exact) mass is 280 g/mol. The molecule has 0 aromatic heterocycles. The van der Waals surface area contributed by atoms with E-state index in [0.717, 1.165) is 31.4 Å². The number of rotatable bonds is 4. The Morgan fingerprint density at radius 2 is 2.15 bits per heavy atom. The van der Waals surface area contributed by atoms with Gasteiger partial charge in [-0.2, -0.15) is 0 Å². The van der Waals surface area contributed by atoms with Crippen molar-refractivity contribution in [2.24, 2.45) is 16.8 Å². The van der Waals surface area contributed by atoms with Crippen molar-refractivity contribution < 1.29 is 4.79 Å². The molecule has 1 amide bonds. The molecule has 1 heterocycles. The van der Waals surface area contributed by atoms with Crippen LogP contribution in [0.2, 0.25) is 0 Å². The fourth-order valence-corrected chi connectivity index (χ4v) is 2.17. The Bertz CT molecular complexity index is 365. The summed E-state index contributed by atoms with van der Waals surface area (Å²) in [5.41, 5.74) is 0. The summed E-state index contributed by atoms with van der Waals surface area (Å²) >= 11 is 0. The zero-order chi connectivity index (χ0) is 15.1. The molecule has 5 nitrogen and oxygen atoms in total. The third kappa shape index (κ3) is 4.87. The first-order chi connectivity index (χ1) is 9.45. The van der Waals surface area contributed by atoms with Gasteiger partial charge in [0.05, 0.1) is 0 Å². The maximum Gasteiger partial charge on any atom is 0.243 e. The quantitative estimate of drug-likeness (QED) is 0.478. The largest absolute Gasteiger partial charge is 0.353 e. The van der Waals surface area contributed by atoms with Crippen LogP contribution in [-0.4, -0.2) is 61.9 Å². The van der Waals surface area contributed by atoms with E-state index in [0.29, 0.717) is 12.5 Å². The van der Waals surface area contributed by atoms with Gasteiger partial charge in [0, 0.05) is 33.7 Å². The number of hydrogen-bond acceptors (Lipinski definition) is 2. The fraction of sp³-hybridized carbons (Fsp3) is 0.733. The van der Waals surface area contributed by atoms with Gasteiger partial charge < -0.3 is 15.1 Å². The van der Waals surface area contributed by atoms with E-state index in [9.17, 15) is 4.79 Å². The van der Waals surface area contributed by atoms with Gasteiger partial charge in [-0.15, -0.1) is 6.58 Å². The fourth-order valence-electron chi connectivity index (χ4n) is 2.17. The lowest BCUT2D eigenvalue weighted by Crippen LogP contribution is -2.48. The zero-order valence-electron chi connectivity index (χ0n) is 13.2. The molecular formula is C15H28N4O.